The van der Waals surface area contributed by atoms with Crippen LogP contribution in [-0.2, 0) is 9.59 Å². The first-order chi connectivity index (χ1) is 19.3. The molecule has 5 rings (SSSR count). The molecule has 2 aliphatic rings. The molecule has 0 spiro atoms. The maximum atomic E-state index is 15.6. The molecule has 1 saturated heterocycles. The fourth-order valence-corrected chi connectivity index (χ4v) is 5.82. The Morgan fingerprint density at radius 1 is 1.15 bits per heavy atom. The first-order valence-corrected chi connectivity index (χ1v) is 14.1. The first-order valence-electron chi connectivity index (χ1n) is 13.3. The number of nitrogens with one attached hydrogen (secondary N) is 2. The molecule has 14 heteroatoms. The number of pyridine rings is 1. The van der Waals surface area contributed by atoms with Crippen molar-refractivity contribution in [1.82, 2.24) is 25.1 Å². The maximum absolute atomic E-state index is 15.6. The summed E-state index contributed by atoms with van der Waals surface area (Å²) in [5, 5.41) is 20.2. The second kappa shape index (κ2) is 11.9. The maximum Gasteiger partial charge on any atom is 0.243 e. The molecule has 0 radical (unpaired) electrons. The van der Waals surface area contributed by atoms with E-state index in [1.54, 1.807) is 11.7 Å². The van der Waals surface area contributed by atoms with Gasteiger partial charge < -0.3 is 24.4 Å². The Morgan fingerprint density at radius 3 is 2.60 bits per heavy atom. The average molecular weight is 574 g/mol. The number of nitrogens with zero attached hydrogens (tertiary/aromatic N) is 5. The van der Waals surface area contributed by atoms with Gasteiger partial charge in [0.1, 0.15) is 12.3 Å². The third-order valence-electron chi connectivity index (χ3n) is 7.30. The minimum atomic E-state index is -0.496. The number of ether oxygens (including phenoxy) is 1. The minimum Gasteiger partial charge on any atom is -0.487 e. The number of anilines is 2. The Balaban J connectivity index is 1.38. The number of hydrogen-bond donors (Lipinski definition) is 3. The molecule has 0 bridgehead atoms. The van der Waals surface area contributed by atoms with Gasteiger partial charge in [-0.25, -0.2) is 9.87 Å². The lowest BCUT2D eigenvalue weighted by atomic mass is 10.1. The Morgan fingerprint density at radius 2 is 1.88 bits per heavy atom. The number of unbranched alkanes of at least 4 members (excludes halogenated alkanes) is 2. The highest BCUT2D eigenvalue weighted by Crippen LogP contribution is 2.42. The number of aromatic nitrogens is 3. The summed E-state index contributed by atoms with van der Waals surface area (Å²) in [6.45, 7) is 5.23. The molecule has 0 unspecified atom stereocenters. The monoisotopic (exact) mass is 573 g/mol. The summed E-state index contributed by atoms with van der Waals surface area (Å²) < 4.78 is 23.6. The molecule has 40 heavy (non-hydrogen) atoms. The van der Waals surface area contributed by atoms with Crippen molar-refractivity contribution < 1.29 is 23.9 Å². The van der Waals surface area contributed by atoms with Gasteiger partial charge in [0.25, 0.3) is 0 Å². The number of carbonyl (C=O) groups excluding carboxylic acids is 2. The van der Waals surface area contributed by atoms with Crippen LogP contribution in [0.15, 0.2) is 17.1 Å². The molecular formula is C26H32FN7O5S. The van der Waals surface area contributed by atoms with Crippen LogP contribution in [0.5, 0.6) is 5.75 Å². The van der Waals surface area contributed by atoms with Crippen LogP contribution < -0.4 is 25.9 Å². The van der Waals surface area contributed by atoms with E-state index in [1.807, 2.05) is 23.4 Å². The molecule has 12 nitrogen and oxygen atoms in total. The lowest BCUT2D eigenvalue weighted by Crippen LogP contribution is -2.45. The molecule has 2 amide bonds. The Hall–Kier alpha value is -3.62. The van der Waals surface area contributed by atoms with E-state index in [9.17, 15) is 14.4 Å². The number of rotatable bonds is 9. The molecule has 0 aliphatic carbocycles. The summed E-state index contributed by atoms with van der Waals surface area (Å²) in [4.78, 5) is 41.2. The van der Waals surface area contributed by atoms with Gasteiger partial charge in [0, 0.05) is 45.2 Å². The zero-order valence-corrected chi connectivity index (χ0v) is 23.2. The van der Waals surface area contributed by atoms with E-state index in [0.717, 1.165) is 24.4 Å². The van der Waals surface area contributed by atoms with Gasteiger partial charge in [-0.1, -0.05) is 17.8 Å². The predicted octanol–water partition coefficient (Wildman–Crippen LogP) is 2.76. The van der Waals surface area contributed by atoms with Gasteiger partial charge in [-0.2, -0.15) is 0 Å². The summed E-state index contributed by atoms with van der Waals surface area (Å²) in [7, 11) is 2.03. The molecular weight excluding hydrogens is 541 g/mol. The van der Waals surface area contributed by atoms with Crippen molar-refractivity contribution in [1.29, 1.82) is 0 Å². The van der Waals surface area contributed by atoms with Crippen LogP contribution in [0.25, 0.3) is 21.5 Å². The standard InChI is InChI=1S/C26H32FN7O5S/c1-15-14-39-24-21-16(12-18(27)22(24)33-10-8-32(2)9-11-33)23(37)17(13-34(15)21)25-29-30-26(40-25)28-19(35)6-4-3-5-7-20(36)31-38/h12-13,15,38H,3-11,14H2,1-2H3,(H,31,36)(H,28,30,35)/t15-/m0/s1. The van der Waals surface area contributed by atoms with Gasteiger partial charge in [-0.15, -0.1) is 10.2 Å². The summed E-state index contributed by atoms with van der Waals surface area (Å²) in [6, 6.07) is 1.19. The van der Waals surface area contributed by atoms with E-state index in [-0.39, 0.29) is 46.3 Å². The molecule has 3 aromatic rings. The molecule has 1 aromatic carbocycles. The van der Waals surface area contributed by atoms with Crippen LogP contribution in [0.1, 0.15) is 45.1 Å². The van der Waals surface area contributed by atoms with Crippen LogP contribution in [0.3, 0.4) is 0 Å². The Bertz CT molecular complexity index is 1480. The summed E-state index contributed by atoms with van der Waals surface area (Å²) >= 11 is 1.07. The lowest BCUT2D eigenvalue weighted by molar-refractivity contribution is -0.129. The van der Waals surface area contributed by atoms with E-state index in [4.69, 9.17) is 9.94 Å². The van der Waals surface area contributed by atoms with E-state index < -0.39 is 11.7 Å². The summed E-state index contributed by atoms with van der Waals surface area (Å²) in [5.41, 5.74) is 2.44. The third kappa shape index (κ3) is 5.64. The Labute approximate surface area is 233 Å². The molecule has 2 aliphatic heterocycles. The number of benzene rings is 1. The van der Waals surface area contributed by atoms with Gasteiger partial charge in [0.05, 0.1) is 22.5 Å². The van der Waals surface area contributed by atoms with Crippen molar-refractivity contribution >= 4 is 44.9 Å². The summed E-state index contributed by atoms with van der Waals surface area (Å²) in [6.07, 6.45) is 3.91. The minimum absolute atomic E-state index is 0.101. The normalized spacial score (nSPS) is 17.1. The second-order valence-electron chi connectivity index (χ2n) is 10.2. The molecule has 4 heterocycles. The zero-order chi connectivity index (χ0) is 28.4. The fraction of sp³-hybridized carbons (Fsp3) is 0.500. The number of piperazine rings is 1. The van der Waals surface area contributed by atoms with Crippen LogP contribution in [0.4, 0.5) is 15.2 Å². The molecule has 1 fully saturated rings. The van der Waals surface area contributed by atoms with Gasteiger partial charge in [-0.05, 0) is 32.9 Å². The largest absolute Gasteiger partial charge is 0.487 e. The van der Waals surface area contributed by atoms with Crippen molar-refractivity contribution in [3.63, 3.8) is 0 Å². The molecule has 3 N–H and O–H groups in total. The van der Waals surface area contributed by atoms with Crippen molar-refractivity contribution in [2.24, 2.45) is 0 Å². The summed E-state index contributed by atoms with van der Waals surface area (Å²) in [5.74, 6) is -0.817. The highest BCUT2D eigenvalue weighted by molar-refractivity contribution is 7.18. The number of amides is 2. The molecule has 214 valence electrons. The molecule has 2 aromatic heterocycles. The van der Waals surface area contributed by atoms with E-state index in [1.165, 1.54) is 6.07 Å². The van der Waals surface area contributed by atoms with Gasteiger partial charge in [0.2, 0.25) is 16.9 Å². The molecule has 0 saturated carbocycles. The quantitative estimate of drug-likeness (QED) is 0.200. The number of likely N-dealkylation sites (N-methyl/N-ethyl adjacent to an activating group) is 1. The fourth-order valence-electron chi connectivity index (χ4n) is 5.06. The smallest absolute Gasteiger partial charge is 0.243 e. The topological polar surface area (TPSA) is 142 Å². The van der Waals surface area contributed by atoms with Crippen LogP contribution >= 0.6 is 11.3 Å². The lowest BCUT2D eigenvalue weighted by Gasteiger charge is -2.37. The predicted molar refractivity (Wildman–Crippen MR) is 149 cm³/mol. The number of hydrogen-bond acceptors (Lipinski definition) is 10. The number of carbonyl (C=O) groups is 2. The van der Waals surface area contributed by atoms with Crippen molar-refractivity contribution in [3.8, 4) is 16.3 Å². The third-order valence-corrected chi connectivity index (χ3v) is 8.17. The average Bonchev–Trinajstić information content (AvgIpc) is 3.40. The highest BCUT2D eigenvalue weighted by atomic mass is 32.1. The van der Waals surface area contributed by atoms with Gasteiger partial charge in [0.15, 0.2) is 22.0 Å². The van der Waals surface area contributed by atoms with Crippen molar-refractivity contribution in [2.75, 3.05) is 50.1 Å². The van der Waals surface area contributed by atoms with Crippen LogP contribution in [0.2, 0.25) is 0 Å². The molecule has 1 atom stereocenters. The van der Waals surface area contributed by atoms with Crippen LogP contribution in [-0.4, -0.2) is 76.5 Å². The van der Waals surface area contributed by atoms with E-state index in [2.05, 4.69) is 20.4 Å². The Kier molecular flexibility index (Phi) is 8.28. The second-order valence-corrected chi connectivity index (χ2v) is 11.2. The SMILES string of the molecule is C[C@H]1COc2c(N3CCN(C)CC3)c(F)cc3c(=O)c(-c4nnc(NC(=O)CCCCCC(=O)NO)s4)cn1c23. The highest BCUT2D eigenvalue weighted by Gasteiger charge is 2.31. The zero-order valence-electron chi connectivity index (χ0n) is 22.4. The number of halogens is 1. The van der Waals surface area contributed by atoms with Gasteiger partial charge >= 0.3 is 0 Å². The van der Waals surface area contributed by atoms with Crippen molar-refractivity contribution in [2.45, 2.75) is 45.1 Å². The van der Waals surface area contributed by atoms with Gasteiger partial charge in [-0.3, -0.25) is 19.6 Å². The van der Waals surface area contributed by atoms with Crippen molar-refractivity contribution in [3.05, 3.63) is 28.3 Å². The number of hydroxylamine groups is 1. The van der Waals surface area contributed by atoms with E-state index in [0.29, 0.717) is 60.9 Å². The first kappa shape index (κ1) is 27.9. The van der Waals surface area contributed by atoms with Crippen LogP contribution in [0, 0.1) is 5.82 Å². The van der Waals surface area contributed by atoms with E-state index >= 15 is 4.39 Å².